The first-order valence-electron chi connectivity index (χ1n) is 9.77. The standard InChI is InChI=1S/C20H25F3N4O3/c1-19(2,30)17-15(10-27(26-17)13-8-6-12(11-28)7-9-13)25-18(29)14-4-3-5-16(24-14)20(21,22)23/h3-5,10,12-13,28,30H,6-9,11H2,1-2H3,(H,25,29)/t12-,13-. The average molecular weight is 426 g/mol. The number of nitrogens with zero attached hydrogens (tertiary/aromatic N) is 3. The fraction of sp³-hybridized carbons (Fsp3) is 0.550. The van der Waals surface area contributed by atoms with Crippen LogP contribution in [0.15, 0.2) is 24.4 Å². The van der Waals surface area contributed by atoms with Crippen molar-refractivity contribution in [2.75, 3.05) is 11.9 Å². The molecule has 0 radical (unpaired) electrons. The van der Waals surface area contributed by atoms with Crippen LogP contribution >= 0.6 is 0 Å². The van der Waals surface area contributed by atoms with Crippen molar-refractivity contribution >= 4 is 11.6 Å². The quantitative estimate of drug-likeness (QED) is 0.680. The maximum absolute atomic E-state index is 12.9. The molecule has 1 fully saturated rings. The molecule has 3 N–H and O–H groups in total. The number of aliphatic hydroxyl groups excluding tert-OH is 1. The molecule has 0 aliphatic heterocycles. The third-order valence-electron chi connectivity index (χ3n) is 5.28. The number of aliphatic hydroxyl groups is 2. The van der Waals surface area contributed by atoms with Crippen molar-refractivity contribution in [3.8, 4) is 0 Å². The fourth-order valence-electron chi connectivity index (χ4n) is 3.62. The Labute approximate surface area is 171 Å². The van der Waals surface area contributed by atoms with Crippen LogP contribution in [0.25, 0.3) is 0 Å². The number of carbonyl (C=O) groups excluding carboxylic acids is 1. The Morgan fingerprint density at radius 1 is 1.23 bits per heavy atom. The van der Waals surface area contributed by atoms with Crippen LogP contribution in [-0.4, -0.2) is 37.5 Å². The van der Waals surface area contributed by atoms with Gasteiger partial charge in [0, 0.05) is 12.8 Å². The van der Waals surface area contributed by atoms with E-state index >= 15 is 0 Å². The molecule has 0 spiro atoms. The Morgan fingerprint density at radius 2 is 1.90 bits per heavy atom. The minimum Gasteiger partial charge on any atom is -0.396 e. The predicted molar refractivity (Wildman–Crippen MR) is 103 cm³/mol. The highest BCUT2D eigenvalue weighted by Gasteiger charge is 2.33. The topological polar surface area (TPSA) is 100 Å². The Bertz CT molecular complexity index is 897. The molecule has 0 unspecified atom stereocenters. The van der Waals surface area contributed by atoms with Crippen molar-refractivity contribution < 1.29 is 28.2 Å². The van der Waals surface area contributed by atoms with E-state index in [0.717, 1.165) is 37.8 Å². The van der Waals surface area contributed by atoms with Crippen LogP contribution in [0.1, 0.15) is 67.4 Å². The summed E-state index contributed by atoms with van der Waals surface area (Å²) in [7, 11) is 0. The summed E-state index contributed by atoms with van der Waals surface area (Å²) in [4.78, 5) is 15.9. The molecule has 0 atom stereocenters. The van der Waals surface area contributed by atoms with Crippen molar-refractivity contribution in [2.45, 2.75) is 57.3 Å². The molecular formula is C20H25F3N4O3. The molecule has 1 aliphatic rings. The van der Waals surface area contributed by atoms with Crippen LogP contribution in [-0.2, 0) is 11.8 Å². The molecule has 2 heterocycles. The second-order valence-corrected chi connectivity index (χ2v) is 8.15. The molecular weight excluding hydrogens is 401 g/mol. The lowest BCUT2D eigenvalue weighted by molar-refractivity contribution is -0.141. The summed E-state index contributed by atoms with van der Waals surface area (Å²) in [6.45, 7) is 3.17. The number of halogens is 3. The molecule has 1 saturated carbocycles. The summed E-state index contributed by atoms with van der Waals surface area (Å²) in [6, 6.07) is 3.14. The van der Waals surface area contributed by atoms with E-state index in [-0.39, 0.29) is 35.6 Å². The summed E-state index contributed by atoms with van der Waals surface area (Å²) >= 11 is 0. The zero-order valence-corrected chi connectivity index (χ0v) is 16.8. The molecule has 0 bridgehead atoms. The van der Waals surface area contributed by atoms with Crippen molar-refractivity contribution in [1.29, 1.82) is 0 Å². The molecule has 3 rings (SSSR count). The van der Waals surface area contributed by atoms with Gasteiger partial charge >= 0.3 is 6.18 Å². The number of rotatable bonds is 5. The van der Waals surface area contributed by atoms with Crippen LogP contribution in [0.2, 0.25) is 0 Å². The van der Waals surface area contributed by atoms with Gasteiger partial charge in [-0.2, -0.15) is 18.3 Å². The number of anilines is 1. The molecule has 7 nitrogen and oxygen atoms in total. The smallest absolute Gasteiger partial charge is 0.396 e. The van der Waals surface area contributed by atoms with Crippen molar-refractivity contribution in [1.82, 2.24) is 14.8 Å². The summed E-state index contributed by atoms with van der Waals surface area (Å²) in [6.07, 6.45) is 0.195. The lowest BCUT2D eigenvalue weighted by Gasteiger charge is -2.27. The lowest BCUT2D eigenvalue weighted by atomic mass is 9.87. The second kappa shape index (κ2) is 8.35. The highest BCUT2D eigenvalue weighted by molar-refractivity contribution is 6.03. The van der Waals surface area contributed by atoms with Gasteiger partial charge in [-0.25, -0.2) is 4.98 Å². The van der Waals surface area contributed by atoms with Gasteiger partial charge in [0.25, 0.3) is 5.91 Å². The summed E-state index contributed by atoms with van der Waals surface area (Å²) in [5.41, 5.74) is -2.49. The van der Waals surface area contributed by atoms with E-state index in [1.54, 1.807) is 10.9 Å². The van der Waals surface area contributed by atoms with Gasteiger partial charge in [-0.1, -0.05) is 6.07 Å². The largest absolute Gasteiger partial charge is 0.433 e. The van der Waals surface area contributed by atoms with E-state index in [2.05, 4.69) is 15.4 Å². The Kier molecular flexibility index (Phi) is 6.19. The van der Waals surface area contributed by atoms with Crippen molar-refractivity contribution in [3.63, 3.8) is 0 Å². The summed E-state index contributed by atoms with van der Waals surface area (Å²) in [5, 5.41) is 26.8. The van der Waals surface area contributed by atoms with Gasteiger partial charge in [-0.15, -0.1) is 0 Å². The maximum Gasteiger partial charge on any atom is 0.433 e. The number of aromatic nitrogens is 3. The number of hydrogen-bond acceptors (Lipinski definition) is 5. The van der Waals surface area contributed by atoms with Crippen molar-refractivity contribution in [2.24, 2.45) is 5.92 Å². The number of nitrogens with one attached hydrogen (secondary N) is 1. The zero-order valence-electron chi connectivity index (χ0n) is 16.8. The molecule has 164 valence electrons. The van der Waals surface area contributed by atoms with E-state index in [1.807, 2.05) is 0 Å². The fourth-order valence-corrected chi connectivity index (χ4v) is 3.62. The molecule has 2 aromatic rings. The van der Waals surface area contributed by atoms with Gasteiger partial charge in [0.05, 0.1) is 11.7 Å². The van der Waals surface area contributed by atoms with E-state index < -0.39 is 23.4 Å². The minimum atomic E-state index is -4.66. The monoisotopic (exact) mass is 426 g/mol. The van der Waals surface area contributed by atoms with E-state index in [4.69, 9.17) is 0 Å². The summed E-state index contributed by atoms with van der Waals surface area (Å²) < 4.78 is 40.3. The molecule has 2 aromatic heterocycles. The van der Waals surface area contributed by atoms with Crippen LogP contribution in [0.4, 0.5) is 18.9 Å². The Balaban J connectivity index is 1.85. The number of pyridine rings is 1. The predicted octanol–water partition coefficient (Wildman–Crippen LogP) is 3.50. The molecule has 0 aromatic carbocycles. The van der Waals surface area contributed by atoms with Crippen LogP contribution in [0, 0.1) is 5.92 Å². The van der Waals surface area contributed by atoms with Gasteiger partial charge in [0.1, 0.15) is 22.7 Å². The molecule has 0 saturated heterocycles. The van der Waals surface area contributed by atoms with Crippen LogP contribution in [0.3, 0.4) is 0 Å². The molecule has 1 amide bonds. The van der Waals surface area contributed by atoms with Gasteiger partial charge in [-0.05, 0) is 57.6 Å². The first-order valence-corrected chi connectivity index (χ1v) is 9.77. The Hall–Kier alpha value is -2.46. The van der Waals surface area contributed by atoms with Gasteiger partial charge in [-0.3, -0.25) is 9.48 Å². The van der Waals surface area contributed by atoms with Crippen LogP contribution < -0.4 is 5.32 Å². The average Bonchev–Trinajstić information content (AvgIpc) is 3.12. The lowest BCUT2D eigenvalue weighted by Crippen LogP contribution is -2.23. The van der Waals surface area contributed by atoms with E-state index in [0.29, 0.717) is 0 Å². The van der Waals surface area contributed by atoms with Gasteiger partial charge in [0.15, 0.2) is 0 Å². The first-order chi connectivity index (χ1) is 14.0. The van der Waals surface area contributed by atoms with E-state index in [9.17, 15) is 28.2 Å². The van der Waals surface area contributed by atoms with E-state index in [1.165, 1.54) is 19.9 Å². The minimum absolute atomic E-state index is 0.0474. The third kappa shape index (κ3) is 4.99. The summed E-state index contributed by atoms with van der Waals surface area (Å²) in [5.74, 6) is -0.563. The first kappa shape index (κ1) is 22.2. The SMILES string of the molecule is CC(C)(O)c1nn([C@H]2CC[C@H](CO)CC2)cc1NC(=O)c1cccc(C(F)(F)F)n1. The molecule has 30 heavy (non-hydrogen) atoms. The molecule has 1 aliphatic carbocycles. The zero-order chi connectivity index (χ0) is 22.1. The van der Waals surface area contributed by atoms with Gasteiger partial charge < -0.3 is 15.5 Å². The number of hydrogen-bond donors (Lipinski definition) is 3. The highest BCUT2D eigenvalue weighted by atomic mass is 19.4. The third-order valence-corrected chi connectivity index (χ3v) is 5.28. The maximum atomic E-state index is 12.9. The van der Waals surface area contributed by atoms with Gasteiger partial charge in [0.2, 0.25) is 0 Å². The normalized spacial score (nSPS) is 20.2. The number of carbonyl (C=O) groups is 1. The van der Waals surface area contributed by atoms with Crippen molar-refractivity contribution in [3.05, 3.63) is 41.5 Å². The van der Waals surface area contributed by atoms with Crippen LogP contribution in [0.5, 0.6) is 0 Å². The Morgan fingerprint density at radius 3 is 2.47 bits per heavy atom. The second-order valence-electron chi connectivity index (χ2n) is 8.15. The molecule has 10 heteroatoms. The highest BCUT2D eigenvalue weighted by Crippen LogP contribution is 2.35. The number of amides is 1. The number of alkyl halides is 3.